The average molecular weight is 203 g/mol. The number of rotatable bonds is 1. The van der Waals surface area contributed by atoms with Crippen LogP contribution in [-0.2, 0) is 6.42 Å². The first-order chi connectivity index (χ1) is 7.21. The summed E-state index contributed by atoms with van der Waals surface area (Å²) in [4.78, 5) is 2.46. The molecule has 1 nitrogen and oxygen atoms in total. The molecule has 0 saturated heterocycles. The van der Waals surface area contributed by atoms with Crippen molar-refractivity contribution in [2.24, 2.45) is 0 Å². The Bertz CT molecular complexity index is 420. The maximum Gasteiger partial charge on any atom is 0.117 e. The minimum Gasteiger partial charge on any atom is -0.365 e. The molecule has 4 aliphatic rings. The molecule has 0 aromatic heterocycles. The largest absolute Gasteiger partial charge is 0.365 e. The molecule has 1 heterocycles. The summed E-state index contributed by atoms with van der Waals surface area (Å²) in [5.41, 5.74) is 2.23. The van der Waals surface area contributed by atoms with Crippen LogP contribution in [0.1, 0.15) is 24.8 Å². The summed E-state index contributed by atoms with van der Waals surface area (Å²) in [5, 5.41) is 0. The van der Waals surface area contributed by atoms with Crippen LogP contribution in [0.4, 0.5) is 10.1 Å². The smallest absolute Gasteiger partial charge is 0.117 e. The summed E-state index contributed by atoms with van der Waals surface area (Å²) >= 11 is 0. The number of para-hydroxylation sites is 1. The van der Waals surface area contributed by atoms with Crippen LogP contribution in [0.25, 0.3) is 0 Å². The molecule has 1 aromatic rings. The Morgan fingerprint density at radius 2 is 1.87 bits per heavy atom. The first-order valence-corrected chi connectivity index (χ1v) is 5.75. The molecule has 3 aliphatic carbocycles. The molecule has 0 unspecified atom stereocenters. The topological polar surface area (TPSA) is 3.24 Å². The fourth-order valence-corrected chi connectivity index (χ4v) is 3.73. The number of alkyl halides is 1. The van der Waals surface area contributed by atoms with Gasteiger partial charge in [0.05, 0.1) is 0 Å². The lowest BCUT2D eigenvalue weighted by atomic mass is 9.46. The Balaban J connectivity index is 1.71. The van der Waals surface area contributed by atoms with Crippen LogP contribution >= 0.6 is 0 Å². The summed E-state index contributed by atoms with van der Waals surface area (Å²) < 4.78 is 13.5. The van der Waals surface area contributed by atoms with E-state index in [2.05, 4.69) is 29.2 Å². The molecule has 5 rings (SSSR count). The highest BCUT2D eigenvalue weighted by atomic mass is 19.1. The van der Waals surface area contributed by atoms with Crippen molar-refractivity contribution in [2.45, 2.75) is 36.9 Å². The Morgan fingerprint density at radius 3 is 2.60 bits per heavy atom. The lowest BCUT2D eigenvalue weighted by molar-refractivity contribution is -0.151. The van der Waals surface area contributed by atoms with Gasteiger partial charge in [0.25, 0.3) is 0 Å². The summed E-state index contributed by atoms with van der Waals surface area (Å²) in [5.74, 6) is 0. The average Bonchev–Trinajstić information content (AvgIpc) is 2.55. The van der Waals surface area contributed by atoms with Gasteiger partial charge in [0.2, 0.25) is 0 Å². The summed E-state index contributed by atoms with van der Waals surface area (Å²) in [6, 6.07) is 8.58. The van der Waals surface area contributed by atoms with Gasteiger partial charge in [0.1, 0.15) is 5.67 Å². The Kier molecular flexibility index (Phi) is 1.20. The zero-order chi connectivity index (χ0) is 10.1. The number of nitrogens with zero attached hydrogens (tertiary/aromatic N) is 1. The molecule has 78 valence electrons. The third-order valence-corrected chi connectivity index (χ3v) is 4.40. The second-order valence-corrected chi connectivity index (χ2v) is 5.44. The van der Waals surface area contributed by atoms with Gasteiger partial charge in [-0.05, 0) is 18.1 Å². The lowest BCUT2D eigenvalue weighted by Crippen LogP contribution is -2.76. The molecule has 2 heteroatoms. The first-order valence-electron chi connectivity index (χ1n) is 5.75. The zero-order valence-electron chi connectivity index (χ0n) is 8.67. The molecule has 3 fully saturated rings. The molecular weight excluding hydrogens is 189 g/mol. The Labute approximate surface area is 88.9 Å². The molecule has 0 N–H and O–H groups in total. The van der Waals surface area contributed by atoms with E-state index in [0.717, 1.165) is 32.2 Å². The van der Waals surface area contributed by atoms with E-state index in [1.807, 2.05) is 0 Å². The molecule has 0 amide bonds. The second kappa shape index (κ2) is 2.21. The fourth-order valence-electron chi connectivity index (χ4n) is 3.73. The van der Waals surface area contributed by atoms with Gasteiger partial charge in [-0.15, -0.1) is 0 Å². The fraction of sp³-hybridized carbons (Fsp3) is 0.538. The van der Waals surface area contributed by atoms with E-state index < -0.39 is 5.67 Å². The van der Waals surface area contributed by atoms with Crippen molar-refractivity contribution in [3.05, 3.63) is 29.8 Å². The molecule has 1 aliphatic heterocycles. The molecule has 2 bridgehead atoms. The van der Waals surface area contributed by atoms with Crippen LogP contribution in [0.3, 0.4) is 0 Å². The van der Waals surface area contributed by atoms with E-state index in [1.54, 1.807) is 0 Å². The number of halogens is 1. The van der Waals surface area contributed by atoms with Crippen molar-refractivity contribution in [2.75, 3.05) is 11.4 Å². The van der Waals surface area contributed by atoms with Crippen LogP contribution in [-0.4, -0.2) is 17.8 Å². The molecule has 15 heavy (non-hydrogen) atoms. The second-order valence-electron chi connectivity index (χ2n) is 5.44. The predicted octanol–water partition coefficient (Wildman–Crippen LogP) is 2.69. The minimum atomic E-state index is -0.780. The molecule has 1 aromatic carbocycles. The van der Waals surface area contributed by atoms with Crippen molar-refractivity contribution in [1.29, 1.82) is 0 Å². The van der Waals surface area contributed by atoms with Gasteiger partial charge in [-0.3, -0.25) is 0 Å². The Morgan fingerprint density at radius 1 is 1.13 bits per heavy atom. The SMILES string of the molecule is FC12CC(N3CCc4ccccc43)(C1)C2. The maximum absolute atomic E-state index is 13.5. The summed E-state index contributed by atoms with van der Waals surface area (Å²) in [6.45, 7) is 1.09. The van der Waals surface area contributed by atoms with Gasteiger partial charge in [0, 0.05) is 37.0 Å². The van der Waals surface area contributed by atoms with Crippen LogP contribution in [0, 0.1) is 0 Å². The van der Waals surface area contributed by atoms with Crippen LogP contribution in [0.15, 0.2) is 24.3 Å². The van der Waals surface area contributed by atoms with Crippen molar-refractivity contribution >= 4 is 5.69 Å². The monoisotopic (exact) mass is 203 g/mol. The quantitative estimate of drug-likeness (QED) is 0.678. The van der Waals surface area contributed by atoms with Crippen molar-refractivity contribution in [3.63, 3.8) is 0 Å². The van der Waals surface area contributed by atoms with E-state index in [4.69, 9.17) is 0 Å². The van der Waals surface area contributed by atoms with E-state index in [-0.39, 0.29) is 5.54 Å². The van der Waals surface area contributed by atoms with Gasteiger partial charge >= 0.3 is 0 Å². The minimum absolute atomic E-state index is 0.210. The van der Waals surface area contributed by atoms with Gasteiger partial charge in [-0.2, -0.15) is 0 Å². The molecule has 0 spiro atoms. The van der Waals surface area contributed by atoms with Gasteiger partial charge in [-0.1, -0.05) is 18.2 Å². The number of anilines is 1. The number of fused-ring (bicyclic) bond motifs is 1. The zero-order valence-corrected chi connectivity index (χ0v) is 8.67. The number of hydrogen-bond donors (Lipinski definition) is 0. The molecule has 3 saturated carbocycles. The number of benzene rings is 1. The summed E-state index contributed by atoms with van der Waals surface area (Å²) in [7, 11) is 0. The van der Waals surface area contributed by atoms with Crippen LogP contribution in [0.5, 0.6) is 0 Å². The van der Waals surface area contributed by atoms with E-state index in [0.29, 0.717) is 0 Å². The van der Waals surface area contributed by atoms with Gasteiger partial charge in [0.15, 0.2) is 0 Å². The van der Waals surface area contributed by atoms with Crippen LogP contribution < -0.4 is 4.90 Å². The summed E-state index contributed by atoms with van der Waals surface area (Å²) in [6.07, 6.45) is 3.45. The van der Waals surface area contributed by atoms with E-state index >= 15 is 0 Å². The predicted molar refractivity (Wildman–Crippen MR) is 57.9 cm³/mol. The normalized spacial score (nSPS) is 40.7. The van der Waals surface area contributed by atoms with E-state index in [1.165, 1.54) is 11.3 Å². The third-order valence-electron chi connectivity index (χ3n) is 4.40. The lowest BCUT2D eigenvalue weighted by Gasteiger charge is -2.69. The molecule has 0 radical (unpaired) electrons. The Hall–Kier alpha value is -1.05. The highest BCUT2D eigenvalue weighted by molar-refractivity contribution is 5.62. The standard InChI is InChI=1S/C13H14FN/c14-12-7-13(8-12,9-12)15-6-5-10-3-1-2-4-11(10)15/h1-4H,5-9H2. The van der Waals surface area contributed by atoms with Gasteiger partial charge < -0.3 is 4.90 Å². The van der Waals surface area contributed by atoms with Crippen molar-refractivity contribution < 1.29 is 4.39 Å². The highest BCUT2D eigenvalue weighted by Gasteiger charge is 2.72. The molecule has 0 atom stereocenters. The van der Waals surface area contributed by atoms with Crippen molar-refractivity contribution in [3.8, 4) is 0 Å². The first kappa shape index (κ1) is 8.14. The van der Waals surface area contributed by atoms with Crippen molar-refractivity contribution in [1.82, 2.24) is 0 Å². The number of hydrogen-bond acceptors (Lipinski definition) is 1. The van der Waals surface area contributed by atoms with E-state index in [9.17, 15) is 4.39 Å². The highest BCUT2D eigenvalue weighted by Crippen LogP contribution is 2.67. The third kappa shape index (κ3) is 0.842. The van der Waals surface area contributed by atoms with Crippen LogP contribution in [0.2, 0.25) is 0 Å². The van der Waals surface area contributed by atoms with Gasteiger partial charge in [-0.25, -0.2) is 4.39 Å². The maximum atomic E-state index is 13.5. The molecular formula is C13H14FN.